The molecule has 170 valence electrons. The van der Waals surface area contributed by atoms with Gasteiger partial charge >= 0.3 is 0 Å². The minimum absolute atomic E-state index is 0.0902. The van der Waals surface area contributed by atoms with Crippen LogP contribution in [0.1, 0.15) is 41.7 Å². The normalized spacial score (nSPS) is 12.4. The third-order valence-corrected chi connectivity index (χ3v) is 4.63. The number of benzene rings is 2. The summed E-state index contributed by atoms with van der Waals surface area (Å²) in [5.74, 6) is 0.299. The molecule has 0 atom stereocenters. The summed E-state index contributed by atoms with van der Waals surface area (Å²) in [4.78, 5) is 26.5. The van der Waals surface area contributed by atoms with Gasteiger partial charge in [0.1, 0.15) is 32.3 Å². The minimum Gasteiger partial charge on any atom is -0.462 e. The first-order valence-corrected chi connectivity index (χ1v) is 9.69. The van der Waals surface area contributed by atoms with Gasteiger partial charge in [0.05, 0.1) is 11.4 Å². The Balaban J connectivity index is 2.30. The molecular formula is C23H26FN3O5. The first kappa shape index (κ1) is 24.5. The Hall–Kier alpha value is -3.75. The van der Waals surface area contributed by atoms with Gasteiger partial charge in [-0.15, -0.1) is 0 Å². The summed E-state index contributed by atoms with van der Waals surface area (Å²) in [5, 5.41) is 11.8. The highest BCUT2D eigenvalue weighted by molar-refractivity contribution is 6.36. The van der Waals surface area contributed by atoms with Gasteiger partial charge in [0.2, 0.25) is 6.86 Å². The lowest BCUT2D eigenvalue weighted by Crippen LogP contribution is -2.09. The lowest BCUT2D eigenvalue weighted by Gasteiger charge is -2.13. The molecule has 0 amide bonds. The maximum atomic E-state index is 12.9. The third-order valence-electron chi connectivity index (χ3n) is 4.63. The van der Waals surface area contributed by atoms with Crippen molar-refractivity contribution in [2.45, 2.75) is 27.4 Å². The number of aldehydes is 1. The molecule has 0 spiro atoms. The van der Waals surface area contributed by atoms with Gasteiger partial charge in [0, 0.05) is 22.3 Å². The summed E-state index contributed by atoms with van der Waals surface area (Å²) >= 11 is 0. The maximum absolute atomic E-state index is 12.9. The van der Waals surface area contributed by atoms with Gasteiger partial charge in [-0.25, -0.2) is 4.39 Å². The molecule has 0 saturated heterocycles. The number of hydrogen-bond acceptors (Lipinski definition) is 8. The molecule has 0 heterocycles. The topological polar surface area (TPSA) is 91.1 Å². The van der Waals surface area contributed by atoms with Gasteiger partial charge in [0.25, 0.3) is 0 Å². The number of carbonyl (C=O) groups excluding carboxylic acids is 1. The first-order valence-electron chi connectivity index (χ1n) is 9.69. The van der Waals surface area contributed by atoms with E-state index in [-0.39, 0.29) is 12.3 Å². The molecule has 8 nitrogen and oxygen atoms in total. The van der Waals surface area contributed by atoms with Crippen LogP contribution in [0.25, 0.3) is 0 Å². The molecule has 2 aromatic rings. The van der Waals surface area contributed by atoms with Crippen LogP contribution in [0.15, 0.2) is 51.9 Å². The zero-order valence-corrected chi connectivity index (χ0v) is 18.7. The molecule has 0 aromatic heterocycles. The quantitative estimate of drug-likeness (QED) is 0.295. The second-order valence-electron chi connectivity index (χ2n) is 6.65. The predicted molar refractivity (Wildman–Crippen MR) is 120 cm³/mol. The van der Waals surface area contributed by atoms with Gasteiger partial charge < -0.3 is 19.2 Å². The van der Waals surface area contributed by atoms with Crippen molar-refractivity contribution in [1.29, 1.82) is 0 Å². The number of aryl methyl sites for hydroxylation is 1. The Bertz CT molecular complexity index is 1030. The number of hydrogen-bond donors (Lipinski definition) is 0. The smallest absolute Gasteiger partial charge is 0.228 e. The van der Waals surface area contributed by atoms with Crippen molar-refractivity contribution in [3.8, 4) is 5.75 Å². The molecule has 0 aliphatic rings. The molecule has 0 aliphatic heterocycles. The van der Waals surface area contributed by atoms with E-state index in [1.54, 1.807) is 38.1 Å². The van der Waals surface area contributed by atoms with Gasteiger partial charge in [0.15, 0.2) is 6.29 Å². The number of halogens is 1. The molecular weight excluding hydrogens is 417 g/mol. The van der Waals surface area contributed by atoms with Crippen LogP contribution >= 0.6 is 0 Å². The van der Waals surface area contributed by atoms with E-state index in [1.807, 2.05) is 19.1 Å². The molecule has 0 saturated carbocycles. The number of carbonyl (C=O) groups is 1. The summed E-state index contributed by atoms with van der Waals surface area (Å²) in [6, 6.07) is 10.7. The summed E-state index contributed by atoms with van der Waals surface area (Å²) < 4.78 is 18.1. The van der Waals surface area contributed by atoms with Gasteiger partial charge in [-0.1, -0.05) is 39.7 Å². The van der Waals surface area contributed by atoms with Crippen LogP contribution in [0.2, 0.25) is 0 Å². The Morgan fingerprint density at radius 1 is 1.00 bits per heavy atom. The number of ether oxygens (including phenoxy) is 1. The molecule has 9 heteroatoms. The van der Waals surface area contributed by atoms with Crippen molar-refractivity contribution in [1.82, 2.24) is 0 Å². The van der Waals surface area contributed by atoms with E-state index < -0.39 is 6.86 Å². The molecule has 0 bridgehead atoms. The summed E-state index contributed by atoms with van der Waals surface area (Å²) in [6.45, 7) is 4.47. The summed E-state index contributed by atoms with van der Waals surface area (Å²) in [6.07, 6.45) is 0.618. The predicted octanol–water partition coefficient (Wildman–Crippen LogP) is 4.16. The monoisotopic (exact) mass is 443 g/mol. The van der Waals surface area contributed by atoms with Crippen molar-refractivity contribution in [3.63, 3.8) is 0 Å². The first-order chi connectivity index (χ1) is 15.5. The fourth-order valence-electron chi connectivity index (χ4n) is 3.02. The number of oxime groups is 3. The fraction of sp³-hybridized carbons (Fsp3) is 0.304. The van der Waals surface area contributed by atoms with Crippen LogP contribution in [-0.4, -0.2) is 44.5 Å². The Kier molecular flexibility index (Phi) is 9.34. The van der Waals surface area contributed by atoms with Crippen molar-refractivity contribution in [2.24, 2.45) is 15.5 Å². The third kappa shape index (κ3) is 6.13. The molecule has 0 radical (unpaired) electrons. The summed E-state index contributed by atoms with van der Waals surface area (Å²) in [5.41, 5.74) is 4.77. The summed E-state index contributed by atoms with van der Waals surface area (Å²) in [7, 11) is 2.82. The van der Waals surface area contributed by atoms with E-state index >= 15 is 0 Å². The van der Waals surface area contributed by atoms with Gasteiger partial charge in [-0.3, -0.25) is 4.79 Å². The molecule has 2 aromatic carbocycles. The second kappa shape index (κ2) is 12.2. The highest BCUT2D eigenvalue weighted by Gasteiger charge is 2.14. The van der Waals surface area contributed by atoms with Crippen LogP contribution in [0.4, 0.5) is 4.39 Å². The molecule has 0 fully saturated rings. The van der Waals surface area contributed by atoms with Crippen molar-refractivity contribution in [3.05, 3.63) is 64.2 Å². The van der Waals surface area contributed by atoms with Crippen molar-refractivity contribution in [2.75, 3.05) is 21.1 Å². The van der Waals surface area contributed by atoms with E-state index in [9.17, 15) is 9.18 Å². The molecule has 0 aliphatic carbocycles. The number of nitrogens with zero attached hydrogens (tertiary/aromatic N) is 3. The average molecular weight is 443 g/mol. The van der Waals surface area contributed by atoms with Gasteiger partial charge in [-0.05, 0) is 38.5 Å². The van der Waals surface area contributed by atoms with Crippen LogP contribution in [0.3, 0.4) is 0 Å². The minimum atomic E-state index is -0.995. The fourth-order valence-corrected chi connectivity index (χ4v) is 3.02. The zero-order chi connectivity index (χ0) is 23.5. The van der Waals surface area contributed by atoms with Crippen LogP contribution in [0, 0.1) is 6.92 Å². The zero-order valence-electron chi connectivity index (χ0n) is 18.7. The second-order valence-corrected chi connectivity index (χ2v) is 6.65. The van der Waals surface area contributed by atoms with E-state index in [1.165, 1.54) is 14.2 Å². The number of rotatable bonds is 11. The number of alkyl halides is 1. The van der Waals surface area contributed by atoms with Crippen molar-refractivity contribution >= 4 is 23.4 Å². The Morgan fingerprint density at radius 2 is 1.75 bits per heavy atom. The highest BCUT2D eigenvalue weighted by atomic mass is 19.1. The lowest BCUT2D eigenvalue weighted by atomic mass is 9.99. The standard InChI is InChI=1S/C23H26FN3O5/c1-15-7-6-8-20(22(12-28)27-30-5)21(15)13-32-26-17(3)19-10-9-18(16(2)25-29-4)11-23(19)31-14-24/h6-12H,13-14H2,1-5H3/b25-16-,26-17+,27-22-. The van der Waals surface area contributed by atoms with E-state index in [2.05, 4.69) is 15.5 Å². The van der Waals surface area contributed by atoms with Crippen LogP contribution in [-0.2, 0) is 25.9 Å². The Labute approximate surface area is 186 Å². The van der Waals surface area contributed by atoms with E-state index in [4.69, 9.17) is 19.2 Å². The Morgan fingerprint density at radius 3 is 2.41 bits per heavy atom. The SMILES string of the molecule is CO/N=C(/C)c1ccc(/C(C)=N/OCc2c(C)cccc2/C(C=O)=N\OC)c(OCF)c1. The van der Waals surface area contributed by atoms with Crippen LogP contribution < -0.4 is 4.74 Å². The molecule has 0 unspecified atom stereocenters. The molecule has 0 N–H and O–H groups in total. The van der Waals surface area contributed by atoms with Gasteiger partial charge in [-0.2, -0.15) is 0 Å². The lowest BCUT2D eigenvalue weighted by molar-refractivity contribution is -0.102. The largest absolute Gasteiger partial charge is 0.462 e. The maximum Gasteiger partial charge on any atom is 0.228 e. The van der Waals surface area contributed by atoms with Crippen molar-refractivity contribution < 1.29 is 28.4 Å². The molecule has 32 heavy (non-hydrogen) atoms. The van der Waals surface area contributed by atoms with Crippen LogP contribution in [0.5, 0.6) is 5.75 Å². The molecule has 2 rings (SSSR count). The van der Waals surface area contributed by atoms with E-state index in [0.717, 1.165) is 16.7 Å². The van der Waals surface area contributed by atoms with E-state index in [0.29, 0.717) is 34.6 Å². The average Bonchev–Trinajstić information content (AvgIpc) is 2.78. The highest BCUT2D eigenvalue weighted by Crippen LogP contribution is 2.23.